The summed E-state index contributed by atoms with van der Waals surface area (Å²) in [4.78, 5) is 34.8. The third kappa shape index (κ3) is 5.96. The minimum Gasteiger partial charge on any atom is -0.338 e. The van der Waals surface area contributed by atoms with Gasteiger partial charge in [-0.05, 0) is 99.6 Å². The van der Waals surface area contributed by atoms with Crippen LogP contribution in [0.1, 0.15) is 60.0 Å². The first-order valence-electron chi connectivity index (χ1n) is 15.8. The van der Waals surface area contributed by atoms with Crippen molar-refractivity contribution in [3.05, 3.63) is 99.5 Å². The van der Waals surface area contributed by atoms with Crippen LogP contribution in [0.4, 0.5) is 10.5 Å². The van der Waals surface area contributed by atoms with Gasteiger partial charge in [0.1, 0.15) is 0 Å². The van der Waals surface area contributed by atoms with Crippen molar-refractivity contribution in [1.82, 2.24) is 14.7 Å². The number of urea groups is 1. The summed E-state index contributed by atoms with van der Waals surface area (Å²) in [6, 6.07) is 24.1. The second kappa shape index (κ2) is 12.7. The van der Waals surface area contributed by atoms with Crippen molar-refractivity contribution >= 4 is 40.8 Å². The second-order valence-electron chi connectivity index (χ2n) is 13.1. The molecule has 2 saturated heterocycles. The number of benzene rings is 3. The summed E-state index contributed by atoms with van der Waals surface area (Å²) in [7, 11) is 3.65. The number of halogens is 2. The van der Waals surface area contributed by atoms with Gasteiger partial charge in [0.15, 0.2) is 0 Å². The molecule has 0 aliphatic carbocycles. The number of piperidine rings is 2. The first-order chi connectivity index (χ1) is 21.2. The molecule has 0 bridgehead atoms. The smallest absolute Gasteiger partial charge is 0.323 e. The third-order valence-electron chi connectivity index (χ3n) is 10.2. The number of fused-ring (bicyclic) bond motifs is 2. The van der Waals surface area contributed by atoms with Crippen LogP contribution in [0, 0.1) is 0 Å². The van der Waals surface area contributed by atoms with Gasteiger partial charge in [0.2, 0.25) is 0 Å². The molecule has 1 spiro atoms. The zero-order valence-corrected chi connectivity index (χ0v) is 27.3. The molecule has 0 radical (unpaired) electrons. The van der Waals surface area contributed by atoms with Crippen molar-refractivity contribution in [2.24, 2.45) is 0 Å². The monoisotopic (exact) mass is 632 g/mol. The molecule has 3 heterocycles. The molecule has 3 aliphatic heterocycles. The molecule has 2 fully saturated rings. The van der Waals surface area contributed by atoms with Gasteiger partial charge >= 0.3 is 6.03 Å². The molecule has 0 N–H and O–H groups in total. The van der Waals surface area contributed by atoms with E-state index in [1.165, 1.54) is 11.1 Å². The molecule has 3 aliphatic rings. The van der Waals surface area contributed by atoms with Crippen molar-refractivity contribution in [2.75, 3.05) is 58.3 Å². The Morgan fingerprint density at radius 2 is 1.57 bits per heavy atom. The first-order valence-corrected chi connectivity index (χ1v) is 16.6. The van der Waals surface area contributed by atoms with Gasteiger partial charge in [0.05, 0.1) is 10.0 Å². The maximum absolute atomic E-state index is 13.5. The Morgan fingerprint density at radius 1 is 0.841 bits per heavy atom. The molecule has 0 aromatic heterocycles. The largest absolute Gasteiger partial charge is 0.338 e. The molecule has 3 amide bonds. The number of hydrogen-bond acceptors (Lipinski definition) is 3. The van der Waals surface area contributed by atoms with Gasteiger partial charge in [0, 0.05) is 55.8 Å². The Hall–Kier alpha value is -3.06. The van der Waals surface area contributed by atoms with Crippen LogP contribution in [0.2, 0.25) is 10.0 Å². The lowest BCUT2D eigenvalue weighted by atomic mass is 9.70. The minimum absolute atomic E-state index is 0.0156. The number of likely N-dealkylation sites (tertiary alicyclic amines) is 2. The summed E-state index contributed by atoms with van der Waals surface area (Å²) in [6.07, 6.45) is 6.05. The van der Waals surface area contributed by atoms with E-state index in [-0.39, 0.29) is 22.8 Å². The van der Waals surface area contributed by atoms with Crippen LogP contribution in [0.25, 0.3) is 0 Å². The lowest BCUT2D eigenvalue weighted by molar-refractivity contribution is 0.0617. The number of anilines is 1. The van der Waals surface area contributed by atoms with E-state index in [4.69, 9.17) is 23.2 Å². The summed E-state index contributed by atoms with van der Waals surface area (Å²) < 4.78 is 0. The van der Waals surface area contributed by atoms with Gasteiger partial charge in [-0.1, -0.05) is 65.7 Å². The van der Waals surface area contributed by atoms with Gasteiger partial charge < -0.3 is 14.7 Å². The Morgan fingerprint density at radius 3 is 2.30 bits per heavy atom. The number of hydrogen-bond donors (Lipinski definition) is 0. The molecule has 44 heavy (non-hydrogen) atoms. The van der Waals surface area contributed by atoms with E-state index < -0.39 is 0 Å². The van der Waals surface area contributed by atoms with Crippen molar-refractivity contribution in [1.29, 1.82) is 0 Å². The van der Waals surface area contributed by atoms with Gasteiger partial charge in [-0.15, -0.1) is 0 Å². The van der Waals surface area contributed by atoms with Crippen LogP contribution in [0.15, 0.2) is 72.8 Å². The van der Waals surface area contributed by atoms with Crippen LogP contribution in [0.5, 0.6) is 0 Å². The highest BCUT2D eigenvalue weighted by atomic mass is 35.5. The first kappa shape index (κ1) is 30.9. The van der Waals surface area contributed by atoms with Gasteiger partial charge in [-0.2, -0.15) is 0 Å². The summed E-state index contributed by atoms with van der Waals surface area (Å²) in [6.45, 7) is 5.22. The fraction of sp³-hybridized carbons (Fsp3) is 0.444. The number of rotatable bonds is 6. The fourth-order valence-corrected chi connectivity index (χ4v) is 8.09. The summed E-state index contributed by atoms with van der Waals surface area (Å²) in [5, 5.41) is 1.12. The molecule has 6 rings (SSSR count). The van der Waals surface area contributed by atoms with Crippen molar-refractivity contribution in [3.63, 3.8) is 0 Å². The normalized spacial score (nSPS) is 21.4. The highest BCUT2D eigenvalue weighted by molar-refractivity contribution is 6.42. The quantitative estimate of drug-likeness (QED) is 0.283. The molecule has 3 aromatic rings. The van der Waals surface area contributed by atoms with Crippen molar-refractivity contribution in [2.45, 2.75) is 49.4 Å². The minimum atomic E-state index is -0.175. The van der Waals surface area contributed by atoms with Gasteiger partial charge in [-0.3, -0.25) is 9.69 Å². The number of amides is 3. The summed E-state index contributed by atoms with van der Waals surface area (Å²) >= 11 is 12.9. The van der Waals surface area contributed by atoms with E-state index in [0.29, 0.717) is 16.6 Å². The molecular formula is C36H42Cl2N4O2. The lowest BCUT2D eigenvalue weighted by Gasteiger charge is -2.44. The van der Waals surface area contributed by atoms with E-state index in [0.717, 1.165) is 82.5 Å². The zero-order valence-electron chi connectivity index (χ0n) is 25.8. The second-order valence-corrected chi connectivity index (χ2v) is 13.9. The number of carbonyl (C=O) groups excluding carboxylic acids is 2. The standard InChI is InChI=1S/C36H42Cl2N4O2/c1-39(2)34(44)42-26-36(29-12-6-7-13-32(29)42)18-22-40(23-19-36)20-8-16-35(28-14-15-30(37)31(38)24-28)17-9-21-41(25-35)33(43)27-10-4-3-5-11-27/h3-7,10-15,24H,8-9,16-23,25-26H2,1-2H3. The van der Waals surface area contributed by atoms with Crippen LogP contribution in [0.3, 0.4) is 0 Å². The van der Waals surface area contributed by atoms with E-state index in [9.17, 15) is 9.59 Å². The number of nitrogens with zero attached hydrogens (tertiary/aromatic N) is 4. The van der Waals surface area contributed by atoms with Crippen molar-refractivity contribution < 1.29 is 9.59 Å². The van der Waals surface area contributed by atoms with E-state index in [1.54, 1.807) is 4.90 Å². The van der Waals surface area contributed by atoms with Crippen molar-refractivity contribution in [3.8, 4) is 0 Å². The van der Waals surface area contributed by atoms with Crippen LogP contribution < -0.4 is 4.90 Å². The predicted molar refractivity (Wildman–Crippen MR) is 179 cm³/mol. The average molecular weight is 634 g/mol. The molecular weight excluding hydrogens is 591 g/mol. The topological polar surface area (TPSA) is 47.1 Å². The van der Waals surface area contributed by atoms with E-state index in [1.807, 2.05) is 72.4 Å². The van der Waals surface area contributed by atoms with Crippen LogP contribution in [-0.4, -0.2) is 80.0 Å². The highest BCUT2D eigenvalue weighted by Gasteiger charge is 2.46. The van der Waals surface area contributed by atoms with Gasteiger partial charge in [0.25, 0.3) is 5.91 Å². The number of carbonyl (C=O) groups is 2. The Bertz CT molecular complexity index is 1500. The van der Waals surface area contributed by atoms with Crippen LogP contribution >= 0.6 is 23.2 Å². The Balaban J connectivity index is 1.14. The summed E-state index contributed by atoms with van der Waals surface area (Å²) in [5.41, 5.74) is 4.13. The maximum atomic E-state index is 13.5. The average Bonchev–Trinajstić information content (AvgIpc) is 3.36. The third-order valence-corrected chi connectivity index (χ3v) is 10.9. The summed E-state index contributed by atoms with van der Waals surface area (Å²) in [5.74, 6) is 0.0923. The SMILES string of the molecule is CN(C)C(=O)N1CC2(CCN(CCCC3(c4ccc(Cl)c(Cl)c4)CCCN(C(=O)c4ccccc4)C3)CC2)c2ccccc21. The predicted octanol–water partition coefficient (Wildman–Crippen LogP) is 7.48. The fourth-order valence-electron chi connectivity index (χ4n) is 7.79. The van der Waals surface area contributed by atoms with E-state index in [2.05, 4.69) is 29.2 Å². The molecule has 3 aromatic carbocycles. The Kier molecular flexibility index (Phi) is 8.96. The number of para-hydroxylation sites is 1. The Labute approximate surface area is 271 Å². The molecule has 0 saturated carbocycles. The molecule has 8 heteroatoms. The highest BCUT2D eigenvalue weighted by Crippen LogP contribution is 2.47. The molecule has 1 atom stereocenters. The molecule has 232 valence electrons. The van der Waals surface area contributed by atoms with E-state index >= 15 is 0 Å². The molecule has 1 unspecified atom stereocenters. The van der Waals surface area contributed by atoms with Crippen LogP contribution in [-0.2, 0) is 10.8 Å². The lowest BCUT2D eigenvalue weighted by Crippen LogP contribution is -2.49. The molecule has 6 nitrogen and oxygen atoms in total. The zero-order chi connectivity index (χ0) is 30.9. The maximum Gasteiger partial charge on any atom is 0.323 e. The van der Waals surface area contributed by atoms with Gasteiger partial charge in [-0.25, -0.2) is 4.79 Å².